The van der Waals surface area contributed by atoms with Crippen LogP contribution in [0.25, 0.3) is 0 Å². The lowest BCUT2D eigenvalue weighted by Gasteiger charge is -2.18. The third-order valence-electron chi connectivity index (χ3n) is 4.29. The van der Waals surface area contributed by atoms with Crippen LogP contribution in [0.1, 0.15) is 40.5 Å². The van der Waals surface area contributed by atoms with Gasteiger partial charge in [0.15, 0.2) is 0 Å². The highest BCUT2D eigenvalue weighted by Gasteiger charge is 2.44. The summed E-state index contributed by atoms with van der Waals surface area (Å²) in [6.45, 7) is 10.7. The Kier molecular flexibility index (Phi) is 5.98. The van der Waals surface area contributed by atoms with Gasteiger partial charge in [0.25, 0.3) is 12.1 Å². The molecule has 10 heteroatoms. The fourth-order valence-corrected chi connectivity index (χ4v) is 2.53. The van der Waals surface area contributed by atoms with Crippen molar-refractivity contribution in [2.24, 2.45) is 9.98 Å². The molecule has 1 fully saturated rings. The molecule has 1 atom stereocenters. The van der Waals surface area contributed by atoms with E-state index in [0.29, 0.717) is 17.0 Å². The van der Waals surface area contributed by atoms with Crippen LogP contribution >= 0.6 is 0 Å². The van der Waals surface area contributed by atoms with Gasteiger partial charge in [0, 0.05) is 16.7 Å². The molecular formula is C17H24F3N5O2. The Labute approximate surface area is 155 Å². The maximum atomic E-state index is 12.6. The molecule has 1 aliphatic heterocycles. The second-order valence-electron chi connectivity index (χ2n) is 7.06. The number of halogens is 3. The van der Waals surface area contributed by atoms with E-state index in [9.17, 15) is 18.0 Å². The summed E-state index contributed by atoms with van der Waals surface area (Å²) in [6.07, 6.45) is -4.88. The highest BCUT2D eigenvalue weighted by Crippen LogP contribution is 2.36. The normalized spacial score (nSPS) is 21.4. The van der Waals surface area contributed by atoms with Gasteiger partial charge in [-0.05, 0) is 47.3 Å². The largest absolute Gasteiger partial charge is 0.437 e. The minimum absolute atomic E-state index is 0.0482. The van der Waals surface area contributed by atoms with E-state index in [-0.39, 0.29) is 17.9 Å². The molecule has 0 saturated heterocycles. The Morgan fingerprint density at radius 2 is 2.04 bits per heavy atom. The summed E-state index contributed by atoms with van der Waals surface area (Å²) in [7, 11) is 0. The number of hydrogen-bond acceptors (Lipinski definition) is 6. The number of hydroxylamine groups is 1. The number of amidine groups is 1. The molecular weight excluding hydrogens is 363 g/mol. The Bertz CT molecular complexity index is 717. The zero-order chi connectivity index (χ0) is 20.4. The number of nitrogens with zero attached hydrogens (tertiary/aromatic N) is 2. The van der Waals surface area contributed by atoms with Crippen LogP contribution in [0.15, 0.2) is 32.5 Å². The topological polar surface area (TPSA) is 87.1 Å². The van der Waals surface area contributed by atoms with E-state index < -0.39 is 18.3 Å². The summed E-state index contributed by atoms with van der Waals surface area (Å²) < 4.78 is 37.6. The molecule has 3 N–H and O–H groups in total. The van der Waals surface area contributed by atoms with Crippen molar-refractivity contribution in [1.82, 2.24) is 16.1 Å². The molecule has 0 radical (unpaired) electrons. The van der Waals surface area contributed by atoms with Gasteiger partial charge in [0.2, 0.25) is 0 Å². The first-order valence-electron chi connectivity index (χ1n) is 8.44. The average molecular weight is 387 g/mol. The zero-order valence-electron chi connectivity index (χ0n) is 15.8. The number of alkyl halides is 3. The van der Waals surface area contributed by atoms with Crippen LogP contribution in [0.4, 0.5) is 13.2 Å². The first-order chi connectivity index (χ1) is 12.5. The van der Waals surface area contributed by atoms with Crippen LogP contribution in [0.5, 0.6) is 0 Å². The lowest BCUT2D eigenvalue weighted by atomic mass is 10.0. The van der Waals surface area contributed by atoms with Crippen molar-refractivity contribution in [1.29, 1.82) is 0 Å². The number of carbonyl (C=O) groups is 1. The molecule has 0 aromatic carbocycles. The SMILES string of the molecule is C=N/C(NC1(C)CC1)=C(\C)C(C(=O)NCC1=NC(C(F)(F)F)ON1)=C(C)C. The standard InChI is InChI=1S/C17H24F3N5O2/c1-9(2)12(10(3)13(21-5)24-16(4)6-7-16)14(26)22-8-11-23-15(27-25-11)17(18,19)20/h15,24H,5-8H2,1-4H3,(H,22,26)(H,23,25)/b13-10-. The molecule has 2 rings (SSSR count). The van der Waals surface area contributed by atoms with Crippen molar-refractivity contribution in [3.63, 3.8) is 0 Å². The predicted octanol–water partition coefficient (Wildman–Crippen LogP) is 2.33. The van der Waals surface area contributed by atoms with Crippen molar-refractivity contribution in [2.45, 2.75) is 58.5 Å². The molecule has 0 aromatic heterocycles. The second kappa shape index (κ2) is 7.71. The van der Waals surface area contributed by atoms with E-state index in [0.717, 1.165) is 18.4 Å². The number of allylic oxidation sites excluding steroid dienone is 1. The molecule has 2 aliphatic rings. The smallest absolute Gasteiger partial charge is 0.365 e. The molecule has 1 aliphatic carbocycles. The number of nitrogens with one attached hydrogen (secondary N) is 3. The number of amides is 1. The molecule has 1 unspecified atom stereocenters. The van der Waals surface area contributed by atoms with Crippen molar-refractivity contribution in [3.8, 4) is 0 Å². The molecule has 0 bridgehead atoms. The summed E-state index contributed by atoms with van der Waals surface area (Å²) in [4.78, 5) is 24.3. The van der Waals surface area contributed by atoms with Gasteiger partial charge in [-0.2, -0.15) is 13.2 Å². The van der Waals surface area contributed by atoms with Gasteiger partial charge in [-0.25, -0.2) is 20.3 Å². The Morgan fingerprint density at radius 1 is 1.41 bits per heavy atom. The highest BCUT2D eigenvalue weighted by molar-refractivity contribution is 6.00. The Morgan fingerprint density at radius 3 is 2.48 bits per heavy atom. The van der Waals surface area contributed by atoms with E-state index in [1.165, 1.54) is 0 Å². The van der Waals surface area contributed by atoms with Crippen LogP contribution in [-0.2, 0) is 9.63 Å². The van der Waals surface area contributed by atoms with Crippen molar-refractivity contribution in [2.75, 3.05) is 6.54 Å². The predicted molar refractivity (Wildman–Crippen MR) is 95.9 cm³/mol. The summed E-state index contributed by atoms with van der Waals surface area (Å²) in [5, 5.41) is 5.84. The lowest BCUT2D eigenvalue weighted by molar-refractivity contribution is -0.220. The van der Waals surface area contributed by atoms with Crippen LogP contribution in [0.2, 0.25) is 0 Å². The minimum Gasteiger partial charge on any atom is -0.365 e. The summed E-state index contributed by atoms with van der Waals surface area (Å²) in [5.41, 5.74) is 3.78. The van der Waals surface area contributed by atoms with Crippen LogP contribution in [0.3, 0.4) is 0 Å². The molecule has 0 spiro atoms. The summed E-state index contributed by atoms with van der Waals surface area (Å²) in [6, 6.07) is 0. The van der Waals surface area contributed by atoms with E-state index in [4.69, 9.17) is 0 Å². The maximum Gasteiger partial charge on any atom is 0.437 e. The highest BCUT2D eigenvalue weighted by atomic mass is 19.4. The second-order valence-corrected chi connectivity index (χ2v) is 7.06. The van der Waals surface area contributed by atoms with Gasteiger partial charge in [-0.3, -0.25) is 4.79 Å². The molecule has 1 heterocycles. The Balaban J connectivity index is 2.10. The lowest BCUT2D eigenvalue weighted by Crippen LogP contribution is -2.36. The van der Waals surface area contributed by atoms with Crippen molar-refractivity contribution >= 4 is 18.5 Å². The first kappa shape index (κ1) is 20.9. The van der Waals surface area contributed by atoms with Gasteiger partial charge in [-0.15, -0.1) is 0 Å². The molecule has 1 saturated carbocycles. The molecule has 7 nitrogen and oxygen atoms in total. The third kappa shape index (κ3) is 5.31. The number of rotatable bonds is 7. The van der Waals surface area contributed by atoms with Gasteiger partial charge >= 0.3 is 6.18 Å². The minimum atomic E-state index is -4.61. The van der Waals surface area contributed by atoms with E-state index in [1.807, 2.05) is 0 Å². The van der Waals surface area contributed by atoms with Gasteiger partial charge < -0.3 is 10.6 Å². The zero-order valence-corrected chi connectivity index (χ0v) is 15.8. The summed E-state index contributed by atoms with van der Waals surface area (Å²) in [5.74, 6) is -0.0411. The maximum absolute atomic E-state index is 12.6. The third-order valence-corrected chi connectivity index (χ3v) is 4.29. The van der Waals surface area contributed by atoms with Gasteiger partial charge in [0.1, 0.15) is 11.7 Å². The molecule has 0 aromatic rings. The number of carbonyl (C=O) groups excluding carboxylic acids is 1. The van der Waals surface area contributed by atoms with E-state index in [2.05, 4.69) is 44.6 Å². The summed E-state index contributed by atoms with van der Waals surface area (Å²) >= 11 is 0. The Hall–Kier alpha value is -2.36. The molecule has 1 amide bonds. The van der Waals surface area contributed by atoms with E-state index >= 15 is 0 Å². The number of aliphatic imine (C=N–C) groups is 2. The average Bonchev–Trinajstić information content (AvgIpc) is 3.09. The number of hydrogen-bond donors (Lipinski definition) is 3. The molecule has 150 valence electrons. The molecule has 27 heavy (non-hydrogen) atoms. The van der Waals surface area contributed by atoms with Crippen LogP contribution in [0, 0.1) is 0 Å². The van der Waals surface area contributed by atoms with Crippen molar-refractivity contribution in [3.05, 3.63) is 22.5 Å². The van der Waals surface area contributed by atoms with Gasteiger partial charge in [0.05, 0.1) is 6.54 Å². The van der Waals surface area contributed by atoms with Crippen LogP contribution in [-0.4, -0.2) is 42.9 Å². The quantitative estimate of drug-likeness (QED) is 0.356. The van der Waals surface area contributed by atoms with Crippen molar-refractivity contribution < 1.29 is 22.8 Å². The van der Waals surface area contributed by atoms with E-state index in [1.54, 1.807) is 20.8 Å². The fourth-order valence-electron chi connectivity index (χ4n) is 2.53. The van der Waals surface area contributed by atoms with Crippen LogP contribution < -0.4 is 16.1 Å². The fraction of sp³-hybridized carbons (Fsp3) is 0.588. The first-order valence-corrected chi connectivity index (χ1v) is 8.44. The monoisotopic (exact) mass is 387 g/mol. The van der Waals surface area contributed by atoms with Gasteiger partial charge in [-0.1, -0.05) is 5.57 Å².